The van der Waals surface area contributed by atoms with E-state index in [2.05, 4.69) is 0 Å². The van der Waals surface area contributed by atoms with Gasteiger partial charge in [0.15, 0.2) is 0 Å². The van der Waals surface area contributed by atoms with E-state index in [1.165, 1.54) is 4.90 Å². The van der Waals surface area contributed by atoms with Crippen LogP contribution in [0.1, 0.15) is 19.8 Å². The second-order valence-electron chi connectivity index (χ2n) is 4.50. The van der Waals surface area contributed by atoms with Crippen molar-refractivity contribution >= 4 is 17.5 Å². The average molecular weight is 262 g/mol. The van der Waals surface area contributed by atoms with Gasteiger partial charge in [-0.2, -0.15) is 0 Å². The zero-order valence-corrected chi connectivity index (χ0v) is 10.3. The number of carbonyl (C=O) groups excluding carboxylic acids is 1. The molecule has 0 saturated carbocycles. The van der Waals surface area contributed by atoms with Crippen LogP contribution in [0, 0.1) is 5.92 Å². The fraction of sp³-hybridized carbons (Fsp3) is 0.583. The molecule has 0 N–H and O–H groups in total. The van der Waals surface area contributed by atoms with Gasteiger partial charge in [-0.1, -0.05) is 19.1 Å². The van der Waals surface area contributed by atoms with E-state index < -0.39 is 18.4 Å². The van der Waals surface area contributed by atoms with E-state index in [9.17, 15) is 13.6 Å². The Morgan fingerprint density at radius 1 is 1.65 bits per heavy atom. The van der Waals surface area contributed by atoms with E-state index in [1.54, 1.807) is 0 Å². The fourth-order valence-corrected chi connectivity index (χ4v) is 2.56. The number of amides is 1. The van der Waals surface area contributed by atoms with Crippen molar-refractivity contribution in [2.45, 2.75) is 32.2 Å². The molecule has 2 atom stereocenters. The maximum absolute atomic E-state index is 12.9. The van der Waals surface area contributed by atoms with Crippen molar-refractivity contribution in [1.82, 2.24) is 4.90 Å². The molecule has 0 spiro atoms. The topological polar surface area (TPSA) is 20.3 Å². The molecule has 2 rings (SSSR count). The van der Waals surface area contributed by atoms with Crippen molar-refractivity contribution < 1.29 is 13.6 Å². The summed E-state index contributed by atoms with van der Waals surface area (Å²) in [5, 5.41) is 0. The van der Waals surface area contributed by atoms with Gasteiger partial charge in [-0.25, -0.2) is 8.78 Å². The van der Waals surface area contributed by atoms with Crippen LogP contribution in [0.3, 0.4) is 0 Å². The number of hydrogen-bond acceptors (Lipinski definition) is 1. The van der Waals surface area contributed by atoms with Gasteiger partial charge in [-0.15, -0.1) is 11.6 Å². The summed E-state index contributed by atoms with van der Waals surface area (Å²) in [4.78, 5) is 12.8. The van der Waals surface area contributed by atoms with Crippen LogP contribution in [-0.2, 0) is 4.79 Å². The van der Waals surface area contributed by atoms with E-state index in [0.717, 1.165) is 12.0 Å². The summed E-state index contributed by atoms with van der Waals surface area (Å²) in [5.74, 6) is -0.358. The first-order valence-corrected chi connectivity index (χ1v) is 6.15. The Kier molecular flexibility index (Phi) is 3.52. The molecule has 2 unspecified atom stereocenters. The predicted octanol–water partition coefficient (Wildman–Crippen LogP) is 2.94. The molecule has 1 aliphatic heterocycles. The number of hydrogen-bond donors (Lipinski definition) is 0. The summed E-state index contributed by atoms with van der Waals surface area (Å²) >= 11 is 5.48. The van der Waals surface area contributed by atoms with Gasteiger partial charge in [0.2, 0.25) is 5.91 Å². The number of allylic oxidation sites excluding steroid dienone is 3. The highest BCUT2D eigenvalue weighted by Crippen LogP contribution is 2.39. The average Bonchev–Trinajstić information content (AvgIpc) is 2.66. The van der Waals surface area contributed by atoms with Gasteiger partial charge < -0.3 is 4.90 Å². The minimum atomic E-state index is -2.54. The van der Waals surface area contributed by atoms with Crippen LogP contribution in [0.5, 0.6) is 0 Å². The highest BCUT2D eigenvalue weighted by atomic mass is 35.5. The SMILES string of the molecule is CC1C=C2CC(C(F)F)N(C(=O)CCl)C2=CC1. The number of carbonyl (C=O) groups is 1. The Hall–Kier alpha value is -0.900. The summed E-state index contributed by atoms with van der Waals surface area (Å²) < 4.78 is 25.9. The first kappa shape index (κ1) is 12.6. The van der Waals surface area contributed by atoms with Gasteiger partial charge >= 0.3 is 0 Å². The Bertz CT molecular complexity index is 392. The van der Waals surface area contributed by atoms with E-state index in [4.69, 9.17) is 11.6 Å². The minimum absolute atomic E-state index is 0.233. The number of likely N-dealkylation sites (tertiary alicyclic amines) is 1. The maximum Gasteiger partial charge on any atom is 0.259 e. The zero-order valence-electron chi connectivity index (χ0n) is 9.50. The van der Waals surface area contributed by atoms with Crippen molar-refractivity contribution in [2.75, 3.05) is 5.88 Å². The molecular formula is C12H14ClF2NO. The van der Waals surface area contributed by atoms with E-state index in [-0.39, 0.29) is 12.3 Å². The normalized spacial score (nSPS) is 27.9. The second-order valence-corrected chi connectivity index (χ2v) is 4.76. The van der Waals surface area contributed by atoms with Crippen molar-refractivity contribution in [3.63, 3.8) is 0 Å². The summed E-state index contributed by atoms with van der Waals surface area (Å²) in [7, 11) is 0. The largest absolute Gasteiger partial charge is 0.302 e. The molecule has 2 aliphatic rings. The summed E-state index contributed by atoms with van der Waals surface area (Å²) in [6, 6.07) is -1.05. The third-order valence-electron chi connectivity index (χ3n) is 3.19. The quantitative estimate of drug-likeness (QED) is 0.700. The van der Waals surface area contributed by atoms with Crippen LogP contribution in [0.15, 0.2) is 23.4 Å². The minimum Gasteiger partial charge on any atom is -0.302 e. The third kappa shape index (κ3) is 2.23. The molecule has 94 valence electrons. The smallest absolute Gasteiger partial charge is 0.259 e. The summed E-state index contributed by atoms with van der Waals surface area (Å²) in [5.41, 5.74) is 1.49. The molecule has 0 aromatic carbocycles. The molecule has 5 heteroatoms. The molecule has 1 amide bonds. The lowest BCUT2D eigenvalue weighted by atomic mass is 9.95. The molecule has 1 fully saturated rings. The van der Waals surface area contributed by atoms with Crippen molar-refractivity contribution in [2.24, 2.45) is 5.92 Å². The van der Waals surface area contributed by atoms with Crippen molar-refractivity contribution in [3.8, 4) is 0 Å². The Labute approximate surface area is 104 Å². The molecule has 1 saturated heterocycles. The van der Waals surface area contributed by atoms with E-state index >= 15 is 0 Å². The summed E-state index contributed by atoms with van der Waals surface area (Å²) in [6.45, 7) is 2.03. The molecule has 0 aromatic heterocycles. The highest BCUT2D eigenvalue weighted by Gasteiger charge is 2.41. The Balaban J connectivity index is 2.33. The van der Waals surface area contributed by atoms with Gasteiger partial charge in [0.1, 0.15) is 11.9 Å². The number of fused-ring (bicyclic) bond motifs is 1. The van der Waals surface area contributed by atoms with Gasteiger partial charge in [0.05, 0.1) is 0 Å². The molecule has 1 aliphatic carbocycles. The van der Waals surface area contributed by atoms with Crippen molar-refractivity contribution in [3.05, 3.63) is 23.4 Å². The lowest BCUT2D eigenvalue weighted by molar-refractivity contribution is -0.130. The third-order valence-corrected chi connectivity index (χ3v) is 3.42. The highest BCUT2D eigenvalue weighted by molar-refractivity contribution is 6.27. The van der Waals surface area contributed by atoms with E-state index in [0.29, 0.717) is 11.6 Å². The first-order chi connectivity index (χ1) is 8.04. The van der Waals surface area contributed by atoms with Gasteiger partial charge in [-0.05, 0) is 17.9 Å². The molecule has 0 bridgehead atoms. The molecule has 2 nitrogen and oxygen atoms in total. The lowest BCUT2D eigenvalue weighted by Crippen LogP contribution is -2.39. The second kappa shape index (κ2) is 4.77. The van der Waals surface area contributed by atoms with Gasteiger partial charge in [0, 0.05) is 12.1 Å². The maximum atomic E-state index is 12.9. The molecular weight excluding hydrogens is 248 g/mol. The Morgan fingerprint density at radius 2 is 2.35 bits per heavy atom. The van der Waals surface area contributed by atoms with Crippen LogP contribution in [0.25, 0.3) is 0 Å². The number of halogens is 3. The van der Waals surface area contributed by atoms with Crippen LogP contribution in [0.4, 0.5) is 8.78 Å². The van der Waals surface area contributed by atoms with Crippen LogP contribution in [0.2, 0.25) is 0 Å². The zero-order chi connectivity index (χ0) is 12.6. The standard InChI is InChI=1S/C12H14ClF2NO/c1-7-2-3-9-8(4-7)5-10(12(14)15)16(9)11(17)6-13/h3-4,7,10,12H,2,5-6H2,1H3. The fourth-order valence-electron chi connectivity index (χ4n) is 2.43. The summed E-state index contributed by atoms with van der Waals surface area (Å²) in [6.07, 6.45) is 2.32. The van der Waals surface area contributed by atoms with Crippen LogP contribution < -0.4 is 0 Å². The number of alkyl halides is 3. The number of rotatable bonds is 2. The van der Waals surface area contributed by atoms with E-state index in [1.807, 2.05) is 19.1 Å². The Morgan fingerprint density at radius 3 is 2.94 bits per heavy atom. The monoisotopic (exact) mass is 261 g/mol. The first-order valence-electron chi connectivity index (χ1n) is 5.62. The van der Waals surface area contributed by atoms with Gasteiger partial charge in [0.25, 0.3) is 6.43 Å². The molecule has 1 heterocycles. The number of nitrogens with zero attached hydrogens (tertiary/aromatic N) is 1. The van der Waals surface area contributed by atoms with Gasteiger partial charge in [-0.3, -0.25) is 4.79 Å². The van der Waals surface area contributed by atoms with Crippen molar-refractivity contribution in [1.29, 1.82) is 0 Å². The molecule has 0 aromatic rings. The predicted molar refractivity (Wildman–Crippen MR) is 61.9 cm³/mol. The van der Waals surface area contributed by atoms with Crippen LogP contribution in [-0.4, -0.2) is 29.2 Å². The molecule has 0 radical (unpaired) electrons. The molecule has 17 heavy (non-hydrogen) atoms. The lowest BCUT2D eigenvalue weighted by Gasteiger charge is -2.25. The van der Waals surface area contributed by atoms with Crippen LogP contribution >= 0.6 is 11.6 Å².